The molecule has 14 nitrogen and oxygen atoms in total. The standard InChI is InChI=1S/C28H37N5O5.2C2HF3O2/c1-32-23-11-10-19(7-4-2-3-5-14-29)17-22(23)27(37)33(16-13-25(35)36)26(28(32)38)20-8-6-9-21(18-20)31-24(34)12-15-30;2*3-2(4,5)1(6)7/h6,8-11,17-18,26H,2-5,7,12-16,29-30H2,1H3,(H,31,34)(H,35,36);2*(H,6,7). The minimum Gasteiger partial charge on any atom is -0.481 e. The van der Waals surface area contributed by atoms with E-state index in [1.807, 2.05) is 12.1 Å². The van der Waals surface area contributed by atoms with Crippen LogP contribution in [0, 0.1) is 0 Å². The SMILES string of the molecule is CN1C(=O)C(c2cccc(NC(=O)CCN)c2)N(CCC(=O)O)C(=O)c2cc(CCCCCCN)ccc21.O=C(O)C(F)(F)F.O=C(O)C(F)(F)F. The largest absolute Gasteiger partial charge is 0.490 e. The van der Waals surface area contributed by atoms with E-state index in [2.05, 4.69) is 5.32 Å². The first kappa shape index (κ1) is 44.8. The highest BCUT2D eigenvalue weighted by atomic mass is 19.4. The van der Waals surface area contributed by atoms with Crippen molar-refractivity contribution in [2.45, 2.75) is 63.3 Å². The summed E-state index contributed by atoms with van der Waals surface area (Å²) in [5.74, 6) is -7.64. The maximum atomic E-state index is 13.9. The molecule has 0 saturated heterocycles. The Morgan fingerprint density at radius 2 is 1.38 bits per heavy atom. The maximum Gasteiger partial charge on any atom is 0.490 e. The summed E-state index contributed by atoms with van der Waals surface area (Å²) < 4.78 is 63.5. The number of fused-ring (bicyclic) bond motifs is 1. The van der Waals surface area contributed by atoms with Gasteiger partial charge in [-0.3, -0.25) is 19.2 Å². The Kier molecular flexibility index (Phi) is 17.7. The number of carbonyl (C=O) groups excluding carboxylic acids is 3. The van der Waals surface area contributed by atoms with Gasteiger partial charge in [0.1, 0.15) is 6.04 Å². The minimum atomic E-state index is -5.08. The van der Waals surface area contributed by atoms with Crippen LogP contribution in [0.3, 0.4) is 0 Å². The molecule has 2 aromatic rings. The van der Waals surface area contributed by atoms with E-state index >= 15 is 0 Å². The van der Waals surface area contributed by atoms with E-state index in [0.29, 0.717) is 29.0 Å². The van der Waals surface area contributed by atoms with Gasteiger partial charge in [0.15, 0.2) is 0 Å². The Morgan fingerprint density at radius 3 is 1.90 bits per heavy atom. The Hall–Kier alpha value is -5.24. The summed E-state index contributed by atoms with van der Waals surface area (Å²) >= 11 is 0. The monoisotopic (exact) mass is 751 g/mol. The van der Waals surface area contributed by atoms with Crippen molar-refractivity contribution in [1.82, 2.24) is 4.90 Å². The average molecular weight is 752 g/mol. The van der Waals surface area contributed by atoms with Crippen LogP contribution in [0.2, 0.25) is 0 Å². The fourth-order valence-electron chi connectivity index (χ4n) is 4.65. The molecule has 8 N–H and O–H groups in total. The van der Waals surface area contributed by atoms with Gasteiger partial charge in [-0.15, -0.1) is 0 Å². The lowest BCUT2D eigenvalue weighted by Crippen LogP contribution is -2.42. The molecular formula is C32H39F6N5O9. The van der Waals surface area contributed by atoms with Gasteiger partial charge in [0, 0.05) is 32.2 Å². The van der Waals surface area contributed by atoms with Crippen molar-refractivity contribution < 1.29 is 70.4 Å². The smallest absolute Gasteiger partial charge is 0.481 e. The van der Waals surface area contributed by atoms with Crippen LogP contribution in [-0.4, -0.2) is 94.9 Å². The molecule has 1 aliphatic rings. The zero-order chi connectivity index (χ0) is 39.8. The van der Waals surface area contributed by atoms with Crippen molar-refractivity contribution in [3.63, 3.8) is 0 Å². The van der Waals surface area contributed by atoms with Gasteiger partial charge in [-0.05, 0) is 61.2 Å². The quantitative estimate of drug-likeness (QED) is 0.127. The number of aryl methyl sites for hydroxylation is 1. The van der Waals surface area contributed by atoms with Crippen molar-refractivity contribution >= 4 is 47.0 Å². The summed E-state index contributed by atoms with van der Waals surface area (Å²) in [4.78, 5) is 71.8. The van der Waals surface area contributed by atoms with Gasteiger partial charge in [-0.1, -0.05) is 31.0 Å². The number of alkyl halides is 6. The van der Waals surface area contributed by atoms with E-state index in [1.54, 1.807) is 37.4 Å². The van der Waals surface area contributed by atoms with E-state index in [0.717, 1.165) is 37.7 Å². The predicted octanol–water partition coefficient (Wildman–Crippen LogP) is 3.94. The highest BCUT2D eigenvalue weighted by molar-refractivity contribution is 6.11. The molecule has 2 aromatic carbocycles. The van der Waals surface area contributed by atoms with Gasteiger partial charge in [-0.2, -0.15) is 26.3 Å². The van der Waals surface area contributed by atoms with Crippen LogP contribution in [0.5, 0.6) is 0 Å². The second kappa shape index (κ2) is 20.6. The molecule has 1 unspecified atom stereocenters. The Bertz CT molecular complexity index is 1550. The Balaban J connectivity index is 0.000000812. The van der Waals surface area contributed by atoms with Crippen molar-refractivity contribution in [1.29, 1.82) is 0 Å². The van der Waals surface area contributed by atoms with E-state index < -0.39 is 42.2 Å². The number of carbonyl (C=O) groups is 6. The topological polar surface area (TPSA) is 234 Å². The number of hydrogen-bond acceptors (Lipinski definition) is 8. The molecular weight excluding hydrogens is 712 g/mol. The molecule has 1 heterocycles. The van der Waals surface area contributed by atoms with E-state index in [4.69, 9.17) is 31.3 Å². The van der Waals surface area contributed by atoms with E-state index in [-0.39, 0.29) is 37.7 Å². The number of hydrogen-bond donors (Lipinski definition) is 6. The molecule has 0 aliphatic carbocycles. The zero-order valence-corrected chi connectivity index (χ0v) is 27.8. The lowest BCUT2D eigenvalue weighted by atomic mass is 10.0. The molecule has 20 heteroatoms. The van der Waals surface area contributed by atoms with Crippen LogP contribution >= 0.6 is 0 Å². The van der Waals surface area contributed by atoms with E-state index in [1.165, 1.54) is 9.80 Å². The van der Waals surface area contributed by atoms with Crippen molar-refractivity contribution in [3.05, 3.63) is 59.2 Å². The number of unbranched alkanes of at least 4 members (excludes halogenated alkanes) is 3. The third kappa shape index (κ3) is 14.5. The zero-order valence-electron chi connectivity index (χ0n) is 27.8. The number of carboxylic acids is 3. The summed E-state index contributed by atoms with van der Waals surface area (Å²) in [6.45, 7) is 0.720. The minimum absolute atomic E-state index is 0.142. The fourth-order valence-corrected chi connectivity index (χ4v) is 4.65. The molecule has 3 amide bonds. The molecule has 0 spiro atoms. The summed E-state index contributed by atoms with van der Waals surface area (Å²) in [6.07, 6.45) is -5.54. The summed E-state index contributed by atoms with van der Waals surface area (Å²) in [6, 6.07) is 11.1. The summed E-state index contributed by atoms with van der Waals surface area (Å²) in [5, 5.41) is 26.4. The summed E-state index contributed by atoms with van der Waals surface area (Å²) in [5.41, 5.74) is 13.8. The van der Waals surface area contributed by atoms with Crippen molar-refractivity contribution in [2.24, 2.45) is 11.5 Å². The first-order chi connectivity index (χ1) is 24.1. The molecule has 3 rings (SSSR count). The molecule has 288 valence electrons. The molecule has 1 atom stereocenters. The lowest BCUT2D eigenvalue weighted by Gasteiger charge is -2.30. The van der Waals surface area contributed by atoms with Gasteiger partial charge < -0.3 is 41.9 Å². The number of likely N-dealkylation sites (N-methyl/N-ethyl adjacent to an activating group) is 1. The molecule has 0 bridgehead atoms. The number of nitrogens with two attached hydrogens (primary N) is 2. The number of nitrogens with one attached hydrogen (secondary N) is 1. The number of rotatable bonds is 13. The molecule has 52 heavy (non-hydrogen) atoms. The van der Waals surface area contributed by atoms with Gasteiger partial charge in [0.05, 0.1) is 17.7 Å². The highest BCUT2D eigenvalue weighted by Gasteiger charge is 2.40. The van der Waals surface area contributed by atoms with Gasteiger partial charge in [0.25, 0.3) is 11.8 Å². The van der Waals surface area contributed by atoms with Crippen LogP contribution in [0.15, 0.2) is 42.5 Å². The van der Waals surface area contributed by atoms with Crippen LogP contribution < -0.4 is 21.7 Å². The maximum absolute atomic E-state index is 13.9. The predicted molar refractivity (Wildman–Crippen MR) is 173 cm³/mol. The number of nitrogens with zero attached hydrogens (tertiary/aromatic N) is 2. The number of aliphatic carboxylic acids is 3. The third-order valence-electron chi connectivity index (χ3n) is 7.12. The number of amides is 3. The number of anilines is 2. The molecule has 0 fully saturated rings. The van der Waals surface area contributed by atoms with Crippen LogP contribution in [0.25, 0.3) is 0 Å². The first-order valence-electron chi connectivity index (χ1n) is 15.5. The van der Waals surface area contributed by atoms with Gasteiger partial charge in [0.2, 0.25) is 5.91 Å². The molecule has 0 aromatic heterocycles. The normalized spacial score (nSPS) is 14.2. The molecule has 0 saturated carbocycles. The molecule has 0 radical (unpaired) electrons. The third-order valence-corrected chi connectivity index (χ3v) is 7.12. The highest BCUT2D eigenvalue weighted by Crippen LogP contribution is 2.35. The first-order valence-corrected chi connectivity index (χ1v) is 15.5. The van der Waals surface area contributed by atoms with Gasteiger partial charge in [-0.25, -0.2) is 9.59 Å². The number of halogens is 6. The van der Waals surface area contributed by atoms with Crippen LogP contribution in [0.4, 0.5) is 37.7 Å². The second-order valence-corrected chi connectivity index (χ2v) is 11.1. The number of benzene rings is 2. The Labute approximate surface area is 293 Å². The van der Waals surface area contributed by atoms with E-state index in [9.17, 15) is 50.6 Å². The Morgan fingerprint density at radius 1 is 0.808 bits per heavy atom. The van der Waals surface area contributed by atoms with Crippen molar-refractivity contribution in [2.75, 3.05) is 36.9 Å². The second-order valence-electron chi connectivity index (χ2n) is 11.1. The number of carboxylic acid groups (broad SMARTS) is 3. The average Bonchev–Trinajstić information content (AvgIpc) is 3.12. The van der Waals surface area contributed by atoms with Crippen LogP contribution in [0.1, 0.15) is 66.1 Å². The lowest BCUT2D eigenvalue weighted by molar-refractivity contribution is -0.193. The van der Waals surface area contributed by atoms with Crippen molar-refractivity contribution in [3.8, 4) is 0 Å². The molecule has 1 aliphatic heterocycles. The van der Waals surface area contributed by atoms with Crippen LogP contribution in [-0.2, 0) is 30.4 Å². The van der Waals surface area contributed by atoms with Gasteiger partial charge >= 0.3 is 30.3 Å². The fraction of sp³-hybridized carbons (Fsp3) is 0.438. The summed E-state index contributed by atoms with van der Waals surface area (Å²) in [7, 11) is 1.61.